The summed E-state index contributed by atoms with van der Waals surface area (Å²) in [7, 11) is 0. The number of piperidine rings is 1. The SMILES string of the molecule is C=C1C(=O)[C@]23[C@H](O)[C@H]1C[C@H](O)[C@H]2[C@]12CCCC(C)(C)[C@H]1C[C@H]3O[C@H]2OCCCCCc1cn(CCOCCN2C(=O)c3cccc4c(N5CCCCC5)ccc(c34)C2=O)nn1. The van der Waals surface area contributed by atoms with Crippen LogP contribution in [0.15, 0.2) is 48.7 Å². The molecule has 7 fully saturated rings. The lowest BCUT2D eigenvalue weighted by atomic mass is 9.37. The zero-order chi connectivity index (χ0) is 42.3. The van der Waals surface area contributed by atoms with E-state index in [2.05, 4.69) is 35.6 Å². The first kappa shape index (κ1) is 41.0. The van der Waals surface area contributed by atoms with Crippen molar-refractivity contribution in [2.45, 2.75) is 122 Å². The molecule has 0 radical (unpaired) electrons. The molecule has 13 nitrogen and oxygen atoms in total. The van der Waals surface area contributed by atoms with Crippen LogP contribution in [-0.2, 0) is 32.0 Å². The van der Waals surface area contributed by atoms with Gasteiger partial charge in [0.05, 0.1) is 55.7 Å². The Morgan fingerprint density at radius 1 is 0.902 bits per heavy atom. The molecule has 2 aromatic carbocycles. The van der Waals surface area contributed by atoms with Gasteiger partial charge in [0.2, 0.25) is 0 Å². The van der Waals surface area contributed by atoms with E-state index >= 15 is 0 Å². The van der Waals surface area contributed by atoms with Crippen molar-refractivity contribution in [3.63, 3.8) is 0 Å². The van der Waals surface area contributed by atoms with E-state index in [-0.39, 0.29) is 42.1 Å². The summed E-state index contributed by atoms with van der Waals surface area (Å²) in [5.41, 5.74) is 1.90. The predicted octanol–water partition coefficient (Wildman–Crippen LogP) is 5.89. The molecule has 2 amide bonds. The normalized spacial score (nSPS) is 33.7. The number of nitrogens with zero attached hydrogens (tertiary/aromatic N) is 5. The van der Waals surface area contributed by atoms with Crippen molar-refractivity contribution < 1.29 is 38.8 Å². The molecule has 9 atom stereocenters. The van der Waals surface area contributed by atoms with Crippen molar-refractivity contribution in [1.82, 2.24) is 19.9 Å². The molecule has 4 aliphatic carbocycles. The number of amides is 2. The van der Waals surface area contributed by atoms with Crippen molar-refractivity contribution in [3.05, 3.63) is 65.5 Å². The van der Waals surface area contributed by atoms with Gasteiger partial charge < -0.3 is 29.3 Å². The molecule has 5 heterocycles. The first-order valence-corrected chi connectivity index (χ1v) is 23.0. The molecular weight excluding hydrogens is 775 g/mol. The van der Waals surface area contributed by atoms with E-state index in [1.807, 2.05) is 36.5 Å². The number of carbonyl (C=O) groups excluding carboxylic acids is 3. The summed E-state index contributed by atoms with van der Waals surface area (Å²) >= 11 is 0. The minimum absolute atomic E-state index is 0.00229. The Hall–Kier alpha value is -4.01. The fraction of sp³-hybridized carbons (Fsp3) is 0.646. The van der Waals surface area contributed by atoms with E-state index in [1.54, 1.807) is 4.68 Å². The van der Waals surface area contributed by atoms with Crippen LogP contribution in [0.1, 0.15) is 111 Å². The molecule has 2 N–H and O–H groups in total. The van der Waals surface area contributed by atoms with E-state index in [0.29, 0.717) is 49.3 Å². The number of aliphatic hydroxyl groups excluding tert-OH is 2. The standard InChI is InChI=1S/C48H61N5O8/c1-29-34-26-36(54)40-47-18-11-17-46(2,3)37(47)27-38(48(40,41(29)55)42(34)56)61-45(47)60-23-9-4-6-12-30-28-52(50-49-30)21-24-59-25-22-53-43(57)32-14-10-13-31-35(51-19-7-5-8-20-51)16-15-33(39(31)32)44(53)58/h10,13-16,28,34,36-38,40,42,45,54,56H,1,4-9,11-12,17-27H2,2-3H3/t34-,36-,37+,38+,40-,42+,45+,47-,48+/m0/s1. The molecule has 4 aliphatic heterocycles. The Labute approximate surface area is 357 Å². The quantitative estimate of drug-likeness (QED) is 0.114. The van der Waals surface area contributed by atoms with Crippen LogP contribution >= 0.6 is 0 Å². The Bertz CT molecular complexity index is 2210. The monoisotopic (exact) mass is 835 g/mol. The maximum Gasteiger partial charge on any atom is 0.261 e. The number of rotatable bonds is 14. The number of hydrogen-bond donors (Lipinski definition) is 2. The van der Waals surface area contributed by atoms with Crippen LogP contribution < -0.4 is 4.90 Å². The summed E-state index contributed by atoms with van der Waals surface area (Å²) in [5, 5.41) is 33.9. The maximum absolute atomic E-state index is 14.0. The minimum Gasteiger partial charge on any atom is -0.393 e. The molecule has 11 rings (SSSR count). The third kappa shape index (κ3) is 6.30. The van der Waals surface area contributed by atoms with Crippen LogP contribution in [-0.4, -0.2) is 112 Å². The average Bonchev–Trinajstić information content (AvgIpc) is 3.75. The number of aromatic nitrogens is 3. The highest BCUT2D eigenvalue weighted by molar-refractivity contribution is 6.26. The van der Waals surface area contributed by atoms with Gasteiger partial charge in [0.1, 0.15) is 0 Å². The highest BCUT2D eigenvalue weighted by atomic mass is 16.7. The van der Waals surface area contributed by atoms with Gasteiger partial charge in [-0.15, -0.1) is 5.10 Å². The smallest absolute Gasteiger partial charge is 0.261 e. The van der Waals surface area contributed by atoms with Gasteiger partial charge in [-0.2, -0.15) is 0 Å². The van der Waals surface area contributed by atoms with Crippen molar-refractivity contribution in [2.24, 2.45) is 34.0 Å². The molecule has 61 heavy (non-hydrogen) atoms. The van der Waals surface area contributed by atoms with E-state index in [0.717, 1.165) is 93.0 Å². The Balaban J connectivity index is 0.685. The molecule has 0 unspecified atom stereocenters. The number of aryl methyl sites for hydroxylation is 1. The molecular formula is C48H61N5O8. The summed E-state index contributed by atoms with van der Waals surface area (Å²) in [5.74, 6) is -1.26. The second-order valence-electron chi connectivity index (χ2n) is 19.8. The van der Waals surface area contributed by atoms with Gasteiger partial charge in [-0.25, -0.2) is 4.68 Å². The fourth-order valence-electron chi connectivity index (χ4n) is 13.6. The van der Waals surface area contributed by atoms with Gasteiger partial charge in [0, 0.05) is 70.7 Å². The number of Topliss-reactive ketones (excluding diaryl/α,β-unsaturated/α-hetero) is 1. The van der Waals surface area contributed by atoms with Gasteiger partial charge in [0.25, 0.3) is 11.8 Å². The second kappa shape index (κ2) is 15.7. The number of aliphatic hydroxyl groups is 2. The van der Waals surface area contributed by atoms with Crippen molar-refractivity contribution in [1.29, 1.82) is 0 Å². The lowest BCUT2D eigenvalue weighted by molar-refractivity contribution is -0.402. The minimum atomic E-state index is -1.14. The number of imide groups is 1. The summed E-state index contributed by atoms with van der Waals surface area (Å²) < 4.78 is 21.1. The fourth-order valence-corrected chi connectivity index (χ4v) is 13.6. The van der Waals surface area contributed by atoms with Crippen LogP contribution in [0, 0.1) is 34.0 Å². The maximum atomic E-state index is 14.0. The molecule has 3 aromatic rings. The summed E-state index contributed by atoms with van der Waals surface area (Å²) in [6.07, 6.45) is 10.2. The number of fused-ring (bicyclic) bond motifs is 2. The van der Waals surface area contributed by atoms with Crippen molar-refractivity contribution >= 4 is 34.1 Å². The third-order valence-corrected chi connectivity index (χ3v) is 16.2. The second-order valence-corrected chi connectivity index (χ2v) is 19.8. The highest BCUT2D eigenvalue weighted by Gasteiger charge is 2.81. The van der Waals surface area contributed by atoms with Crippen molar-refractivity contribution in [3.8, 4) is 0 Å². The zero-order valence-electron chi connectivity index (χ0n) is 35.7. The topological polar surface area (TPSA) is 157 Å². The average molecular weight is 836 g/mol. The summed E-state index contributed by atoms with van der Waals surface area (Å²) in [6.45, 7) is 12.5. The molecule has 1 aromatic heterocycles. The first-order valence-electron chi connectivity index (χ1n) is 23.0. The number of hydrogen-bond acceptors (Lipinski definition) is 11. The van der Waals surface area contributed by atoms with Gasteiger partial charge in [-0.3, -0.25) is 19.3 Å². The highest BCUT2D eigenvalue weighted by Crippen LogP contribution is 2.75. The number of unbranched alkanes of at least 4 members (excludes halogenated alkanes) is 2. The molecule has 13 heteroatoms. The molecule has 326 valence electrons. The van der Waals surface area contributed by atoms with E-state index in [1.165, 1.54) is 11.3 Å². The first-order chi connectivity index (χ1) is 29.5. The predicted molar refractivity (Wildman–Crippen MR) is 227 cm³/mol. The van der Waals surface area contributed by atoms with Crippen LogP contribution in [0.3, 0.4) is 0 Å². The van der Waals surface area contributed by atoms with Crippen LogP contribution in [0.5, 0.6) is 0 Å². The molecule has 3 saturated heterocycles. The summed E-state index contributed by atoms with van der Waals surface area (Å²) in [6, 6.07) is 9.67. The molecule has 2 spiro atoms. The van der Waals surface area contributed by atoms with Crippen LogP contribution in [0.2, 0.25) is 0 Å². The Morgan fingerprint density at radius 3 is 2.51 bits per heavy atom. The number of carbonyl (C=O) groups is 3. The van der Waals surface area contributed by atoms with E-state index < -0.39 is 47.3 Å². The van der Waals surface area contributed by atoms with Crippen LogP contribution in [0.25, 0.3) is 10.8 Å². The number of ether oxygens (including phenoxy) is 3. The number of benzene rings is 2. The van der Waals surface area contributed by atoms with Crippen molar-refractivity contribution in [2.75, 3.05) is 44.4 Å². The van der Waals surface area contributed by atoms with Gasteiger partial charge >= 0.3 is 0 Å². The number of ketones is 1. The van der Waals surface area contributed by atoms with E-state index in [9.17, 15) is 24.6 Å². The Kier molecular flexibility index (Phi) is 10.5. The largest absolute Gasteiger partial charge is 0.393 e. The number of anilines is 1. The molecule has 4 saturated carbocycles. The van der Waals surface area contributed by atoms with Gasteiger partial charge in [0.15, 0.2) is 12.1 Å². The third-order valence-electron chi connectivity index (χ3n) is 16.2. The molecule has 4 bridgehead atoms. The van der Waals surface area contributed by atoms with Gasteiger partial charge in [-0.1, -0.05) is 50.6 Å². The summed E-state index contributed by atoms with van der Waals surface area (Å²) in [4.78, 5) is 44.8. The zero-order valence-corrected chi connectivity index (χ0v) is 35.7. The van der Waals surface area contributed by atoms with Gasteiger partial charge in [-0.05, 0) is 99.3 Å². The lowest BCUT2D eigenvalue weighted by Gasteiger charge is -2.72. The Morgan fingerprint density at radius 2 is 1.69 bits per heavy atom. The van der Waals surface area contributed by atoms with E-state index in [4.69, 9.17) is 14.2 Å². The molecule has 8 aliphatic rings. The van der Waals surface area contributed by atoms with Crippen LogP contribution in [0.4, 0.5) is 5.69 Å². The lowest BCUT2D eigenvalue weighted by Crippen LogP contribution is -2.78.